The molecule has 11 heteroatoms. The van der Waals surface area contributed by atoms with Crippen LogP contribution in [0.1, 0.15) is 37.4 Å². The van der Waals surface area contributed by atoms with Gasteiger partial charge in [0, 0.05) is 32.2 Å². The summed E-state index contributed by atoms with van der Waals surface area (Å²) in [6, 6.07) is 10.00. The fraction of sp³-hybridized carbons (Fsp3) is 0.280. The second kappa shape index (κ2) is 8.81. The van der Waals surface area contributed by atoms with Gasteiger partial charge in [-0.3, -0.25) is 9.59 Å². The number of rotatable bonds is 2. The van der Waals surface area contributed by atoms with Gasteiger partial charge in [-0.25, -0.2) is 0 Å². The first-order valence-corrected chi connectivity index (χ1v) is 11.3. The van der Waals surface area contributed by atoms with E-state index in [1.165, 1.54) is 23.1 Å². The molecule has 1 saturated heterocycles. The van der Waals surface area contributed by atoms with Crippen LogP contribution in [-0.4, -0.2) is 53.1 Å². The zero-order chi connectivity index (χ0) is 25.6. The maximum atomic E-state index is 13.3. The predicted octanol–water partition coefficient (Wildman–Crippen LogP) is 4.43. The normalized spacial score (nSPS) is 15.4. The van der Waals surface area contributed by atoms with Gasteiger partial charge in [0.1, 0.15) is 5.56 Å². The van der Waals surface area contributed by atoms with Crippen LogP contribution in [-0.2, 0) is 6.18 Å². The Labute approximate surface area is 204 Å². The lowest BCUT2D eigenvalue weighted by Gasteiger charge is -2.35. The van der Waals surface area contributed by atoms with E-state index in [9.17, 15) is 22.8 Å². The number of alkyl halides is 3. The van der Waals surface area contributed by atoms with E-state index in [4.69, 9.17) is 4.74 Å². The summed E-state index contributed by atoms with van der Waals surface area (Å²) in [5.41, 5.74) is 1.30. The summed E-state index contributed by atoms with van der Waals surface area (Å²) in [5, 5.41) is 11.2. The molecule has 3 heterocycles. The average Bonchev–Trinajstić information content (AvgIpc) is 3.01. The van der Waals surface area contributed by atoms with Gasteiger partial charge in [-0.1, -0.05) is 18.2 Å². The highest BCUT2D eigenvalue weighted by Crippen LogP contribution is 2.39. The minimum absolute atomic E-state index is 0.0845. The fourth-order valence-corrected chi connectivity index (χ4v) is 4.29. The van der Waals surface area contributed by atoms with Gasteiger partial charge in [-0.05, 0) is 43.2 Å². The number of carbonyl (C=O) groups excluding carboxylic acids is 2. The Morgan fingerprint density at radius 1 is 1.03 bits per heavy atom. The van der Waals surface area contributed by atoms with Crippen LogP contribution in [0.25, 0.3) is 0 Å². The third-order valence-corrected chi connectivity index (χ3v) is 6.47. The average molecular weight is 497 g/mol. The van der Waals surface area contributed by atoms with Crippen molar-refractivity contribution >= 4 is 23.3 Å². The zero-order valence-corrected chi connectivity index (χ0v) is 19.5. The summed E-state index contributed by atoms with van der Waals surface area (Å²) in [6.45, 7) is 4.84. The van der Waals surface area contributed by atoms with Gasteiger partial charge in [0.15, 0.2) is 11.6 Å². The number of aromatic nitrogens is 2. The molecule has 186 valence electrons. The van der Waals surface area contributed by atoms with Gasteiger partial charge < -0.3 is 19.9 Å². The number of hydrogen-bond acceptors (Lipinski definition) is 6. The third-order valence-electron chi connectivity index (χ3n) is 6.47. The molecule has 0 radical (unpaired) electrons. The number of amides is 2. The molecule has 8 nitrogen and oxygen atoms in total. The van der Waals surface area contributed by atoms with Crippen molar-refractivity contribution in [2.75, 3.05) is 36.4 Å². The molecule has 0 bridgehead atoms. The monoisotopic (exact) mass is 497 g/mol. The first kappa shape index (κ1) is 23.6. The number of ether oxygens (including phenoxy) is 1. The molecule has 1 fully saturated rings. The topological polar surface area (TPSA) is 87.7 Å². The summed E-state index contributed by atoms with van der Waals surface area (Å²) in [7, 11) is 0. The van der Waals surface area contributed by atoms with Crippen molar-refractivity contribution in [3.63, 3.8) is 0 Å². The number of nitrogens with one attached hydrogen (secondary N) is 1. The standard InChI is InChI=1S/C25H22F3N5O3/c1-14-7-8-19-21(15(14)2)36-23-17(22(34)29-19)13-20(30-31-23)32-9-11-33(12-10-32)24(35)16-5-3-4-6-18(16)25(26,27)28/h3-8,13H,9-12H2,1-2H3,(H,29,34). The van der Waals surface area contributed by atoms with Crippen molar-refractivity contribution in [3.8, 4) is 11.6 Å². The molecule has 2 aliphatic rings. The molecule has 0 spiro atoms. The molecule has 2 amide bonds. The van der Waals surface area contributed by atoms with Crippen LogP contribution >= 0.6 is 0 Å². The Kier molecular flexibility index (Phi) is 5.77. The highest BCUT2D eigenvalue weighted by molar-refractivity contribution is 6.08. The molecule has 0 saturated carbocycles. The Morgan fingerprint density at radius 3 is 2.47 bits per heavy atom. The van der Waals surface area contributed by atoms with Crippen LogP contribution in [0.15, 0.2) is 42.5 Å². The molecule has 1 aromatic heterocycles. The van der Waals surface area contributed by atoms with E-state index in [2.05, 4.69) is 15.5 Å². The SMILES string of the molecule is Cc1ccc2c(c1C)Oc1nnc(N3CCN(C(=O)c4ccccc4C(F)(F)F)CC3)cc1C(=O)N2. The zero-order valence-electron chi connectivity index (χ0n) is 19.5. The van der Waals surface area contributed by atoms with Crippen LogP contribution in [0.5, 0.6) is 11.6 Å². The molecule has 0 aliphatic carbocycles. The lowest BCUT2D eigenvalue weighted by molar-refractivity contribution is -0.138. The number of hydrogen-bond donors (Lipinski definition) is 1. The van der Waals surface area contributed by atoms with E-state index in [-0.39, 0.29) is 36.0 Å². The first-order chi connectivity index (χ1) is 17.1. The van der Waals surface area contributed by atoms with Crippen molar-refractivity contribution in [1.82, 2.24) is 15.1 Å². The number of nitrogens with zero attached hydrogens (tertiary/aromatic N) is 4. The molecule has 2 aliphatic heterocycles. The Morgan fingerprint density at radius 2 is 1.75 bits per heavy atom. The van der Waals surface area contributed by atoms with Crippen molar-refractivity contribution in [2.24, 2.45) is 0 Å². The van der Waals surface area contributed by atoms with Gasteiger partial charge >= 0.3 is 6.18 Å². The molecule has 1 N–H and O–H groups in total. The minimum Gasteiger partial charge on any atom is -0.434 e. The van der Waals surface area contributed by atoms with E-state index in [0.717, 1.165) is 17.2 Å². The summed E-state index contributed by atoms with van der Waals surface area (Å²) < 4.78 is 46.0. The molecule has 5 rings (SSSR count). The first-order valence-electron chi connectivity index (χ1n) is 11.3. The number of benzene rings is 2. The smallest absolute Gasteiger partial charge is 0.417 e. The Balaban J connectivity index is 1.33. The van der Waals surface area contributed by atoms with Crippen molar-refractivity contribution in [2.45, 2.75) is 20.0 Å². The Bertz CT molecular complexity index is 1370. The summed E-state index contributed by atoms with van der Waals surface area (Å²) >= 11 is 0. The molecule has 36 heavy (non-hydrogen) atoms. The van der Waals surface area contributed by atoms with Gasteiger partial charge in [-0.15, -0.1) is 10.2 Å². The number of halogens is 3. The third kappa shape index (κ3) is 4.21. The van der Waals surface area contributed by atoms with Crippen molar-refractivity contribution in [1.29, 1.82) is 0 Å². The van der Waals surface area contributed by atoms with E-state index < -0.39 is 17.6 Å². The van der Waals surface area contributed by atoms with Crippen LogP contribution in [0.3, 0.4) is 0 Å². The highest BCUT2D eigenvalue weighted by atomic mass is 19.4. The molecule has 2 aromatic carbocycles. The molecular weight excluding hydrogens is 475 g/mol. The van der Waals surface area contributed by atoms with Crippen LogP contribution in [0.2, 0.25) is 0 Å². The maximum absolute atomic E-state index is 13.3. The van der Waals surface area contributed by atoms with Crippen LogP contribution in [0, 0.1) is 13.8 Å². The maximum Gasteiger partial charge on any atom is 0.417 e. The molecule has 0 atom stereocenters. The second-order valence-corrected chi connectivity index (χ2v) is 8.68. The summed E-state index contributed by atoms with van der Waals surface area (Å²) in [4.78, 5) is 29.0. The van der Waals surface area contributed by atoms with Gasteiger partial charge in [-0.2, -0.15) is 13.2 Å². The number of carbonyl (C=O) groups is 2. The predicted molar refractivity (Wildman–Crippen MR) is 126 cm³/mol. The van der Waals surface area contributed by atoms with E-state index in [0.29, 0.717) is 30.3 Å². The van der Waals surface area contributed by atoms with Crippen LogP contribution < -0.4 is 15.0 Å². The summed E-state index contributed by atoms with van der Waals surface area (Å²) in [6.07, 6.45) is -4.62. The number of piperazine rings is 1. The highest BCUT2D eigenvalue weighted by Gasteiger charge is 2.36. The minimum atomic E-state index is -4.62. The van der Waals surface area contributed by atoms with Gasteiger partial charge in [0.25, 0.3) is 17.7 Å². The van der Waals surface area contributed by atoms with Crippen LogP contribution in [0.4, 0.5) is 24.7 Å². The quantitative estimate of drug-likeness (QED) is 0.564. The molecular formula is C25H22F3N5O3. The second-order valence-electron chi connectivity index (χ2n) is 8.68. The van der Waals surface area contributed by atoms with Gasteiger partial charge in [0.05, 0.1) is 16.8 Å². The van der Waals surface area contributed by atoms with Gasteiger partial charge in [0.2, 0.25) is 0 Å². The lowest BCUT2D eigenvalue weighted by atomic mass is 10.1. The van der Waals surface area contributed by atoms with E-state index in [1.54, 1.807) is 12.1 Å². The number of anilines is 2. The largest absolute Gasteiger partial charge is 0.434 e. The lowest BCUT2D eigenvalue weighted by Crippen LogP contribution is -2.49. The van der Waals surface area contributed by atoms with E-state index >= 15 is 0 Å². The van der Waals surface area contributed by atoms with Crippen molar-refractivity contribution < 1.29 is 27.5 Å². The number of aryl methyl sites for hydroxylation is 1. The fourth-order valence-electron chi connectivity index (χ4n) is 4.29. The van der Waals surface area contributed by atoms with Crippen molar-refractivity contribution in [3.05, 3.63) is 70.3 Å². The number of fused-ring (bicyclic) bond motifs is 2. The van der Waals surface area contributed by atoms with E-state index in [1.807, 2.05) is 24.8 Å². The summed E-state index contributed by atoms with van der Waals surface area (Å²) in [5.74, 6) is -0.0571. The molecule has 3 aromatic rings. The Hall–Kier alpha value is -4.15. The molecule has 0 unspecified atom stereocenters.